The fraction of sp³-hybridized carbons (Fsp3) is 0.484. The first kappa shape index (κ1) is 29.3. The number of allylic oxidation sites excluding steroid dienone is 2. The number of benzene rings is 1. The lowest BCUT2D eigenvalue weighted by Crippen LogP contribution is -2.41. The highest BCUT2D eigenvalue weighted by Gasteiger charge is 2.30. The van der Waals surface area contributed by atoms with Crippen molar-refractivity contribution in [3.8, 4) is 5.88 Å². The van der Waals surface area contributed by atoms with Crippen LogP contribution in [0.15, 0.2) is 54.3 Å². The highest BCUT2D eigenvalue weighted by atomic mass is 19.1. The number of aromatic carboxylic acids is 1. The molecule has 2 saturated heterocycles. The summed E-state index contributed by atoms with van der Waals surface area (Å²) in [6.07, 6.45) is 5.45. The van der Waals surface area contributed by atoms with Crippen molar-refractivity contribution in [3.63, 3.8) is 0 Å². The number of nitrogens with zero attached hydrogens (tertiary/aromatic N) is 5. The molecule has 228 valence electrons. The van der Waals surface area contributed by atoms with Gasteiger partial charge in [0.25, 0.3) is 0 Å². The van der Waals surface area contributed by atoms with Crippen LogP contribution in [0.3, 0.4) is 0 Å². The number of likely N-dealkylation sites (tertiary alicyclic amines) is 1. The van der Waals surface area contributed by atoms with E-state index in [9.17, 15) is 18.7 Å². The summed E-state index contributed by atoms with van der Waals surface area (Å²) in [7, 11) is 0. The van der Waals surface area contributed by atoms with Gasteiger partial charge in [0.05, 0.1) is 35.3 Å². The molecule has 4 atom stereocenters. The molecule has 1 N–H and O–H groups in total. The summed E-state index contributed by atoms with van der Waals surface area (Å²) in [6, 6.07) is 6.75. The first-order chi connectivity index (χ1) is 20.7. The number of carboxylic acids is 1. The van der Waals surface area contributed by atoms with Crippen molar-refractivity contribution in [1.29, 1.82) is 0 Å². The third-order valence-electron chi connectivity index (χ3n) is 8.41. The Morgan fingerprint density at radius 2 is 1.98 bits per heavy atom. The summed E-state index contributed by atoms with van der Waals surface area (Å²) in [5.41, 5.74) is 1.81. The van der Waals surface area contributed by atoms with Crippen molar-refractivity contribution in [1.82, 2.24) is 24.4 Å². The second-order valence-electron chi connectivity index (χ2n) is 11.4. The maximum absolute atomic E-state index is 14.2. The zero-order valence-corrected chi connectivity index (χ0v) is 24.2. The van der Waals surface area contributed by atoms with Gasteiger partial charge in [0.2, 0.25) is 5.88 Å². The molecule has 0 bridgehead atoms. The molecular weight excluding hydrogens is 560 g/mol. The van der Waals surface area contributed by atoms with Crippen molar-refractivity contribution < 1.29 is 32.9 Å². The van der Waals surface area contributed by atoms with Crippen molar-refractivity contribution >= 4 is 17.0 Å². The third-order valence-corrected chi connectivity index (χ3v) is 8.41. The Hall–Kier alpha value is -3.74. The van der Waals surface area contributed by atoms with Gasteiger partial charge in [0.1, 0.15) is 36.3 Å². The van der Waals surface area contributed by atoms with Gasteiger partial charge in [0.15, 0.2) is 5.82 Å². The van der Waals surface area contributed by atoms with E-state index in [1.165, 1.54) is 6.08 Å². The van der Waals surface area contributed by atoms with Crippen LogP contribution < -0.4 is 4.74 Å². The summed E-state index contributed by atoms with van der Waals surface area (Å²) in [4.78, 5) is 27.6. The maximum atomic E-state index is 14.2. The van der Waals surface area contributed by atoms with Gasteiger partial charge in [-0.1, -0.05) is 6.92 Å². The number of ether oxygens (including phenoxy) is 3. The minimum Gasteiger partial charge on any atom is -0.478 e. The van der Waals surface area contributed by atoms with Crippen LogP contribution in [0.5, 0.6) is 5.88 Å². The summed E-state index contributed by atoms with van der Waals surface area (Å²) >= 11 is 0. The Morgan fingerprint density at radius 1 is 1.19 bits per heavy atom. The third kappa shape index (κ3) is 6.46. The predicted molar refractivity (Wildman–Crippen MR) is 153 cm³/mol. The lowest BCUT2D eigenvalue weighted by Gasteiger charge is -2.36. The van der Waals surface area contributed by atoms with Crippen LogP contribution in [0, 0.1) is 5.92 Å². The SMILES string of the molecule is CC1C=C(F)C=C(F)C1OCc1nccc(OC2CCN(C(C)c3nc4ccc(C(=O)O)cc4n3C[C@@H]3CCO3)CC2)n1. The average Bonchev–Trinajstić information content (AvgIpc) is 3.32. The molecule has 0 spiro atoms. The van der Waals surface area contributed by atoms with E-state index >= 15 is 0 Å². The first-order valence-electron chi connectivity index (χ1n) is 14.7. The van der Waals surface area contributed by atoms with Gasteiger partial charge >= 0.3 is 5.97 Å². The monoisotopic (exact) mass is 595 g/mol. The molecule has 3 aliphatic rings. The molecule has 3 unspecified atom stereocenters. The Morgan fingerprint density at radius 3 is 2.67 bits per heavy atom. The summed E-state index contributed by atoms with van der Waals surface area (Å²) in [6.45, 7) is 6.74. The molecule has 2 aromatic heterocycles. The average molecular weight is 596 g/mol. The highest BCUT2D eigenvalue weighted by molar-refractivity contribution is 5.92. The quantitative estimate of drug-likeness (QED) is 0.340. The number of carbonyl (C=O) groups is 1. The minimum absolute atomic E-state index is 0.00412. The number of fused-ring (bicyclic) bond motifs is 1. The molecule has 4 heterocycles. The Bertz CT molecular complexity index is 1550. The van der Waals surface area contributed by atoms with Crippen molar-refractivity contribution in [3.05, 3.63) is 71.5 Å². The van der Waals surface area contributed by atoms with Crippen molar-refractivity contribution in [2.24, 2.45) is 5.92 Å². The van der Waals surface area contributed by atoms with E-state index in [0.717, 1.165) is 61.9 Å². The molecule has 0 radical (unpaired) electrons. The topological polar surface area (TPSA) is 112 Å². The van der Waals surface area contributed by atoms with E-state index in [4.69, 9.17) is 19.2 Å². The molecule has 3 aromatic rings. The van der Waals surface area contributed by atoms with Gasteiger partial charge in [0, 0.05) is 44.0 Å². The Kier molecular flexibility index (Phi) is 8.51. The molecule has 6 rings (SSSR count). The predicted octanol–water partition coefficient (Wildman–Crippen LogP) is 5.16. The molecule has 10 nitrogen and oxygen atoms in total. The Labute approximate surface area is 248 Å². The molecule has 43 heavy (non-hydrogen) atoms. The number of imidazole rings is 1. The molecule has 12 heteroatoms. The number of piperidine rings is 1. The van der Waals surface area contributed by atoms with Crippen LogP contribution >= 0.6 is 0 Å². The second kappa shape index (κ2) is 12.5. The summed E-state index contributed by atoms with van der Waals surface area (Å²) in [5.74, 6) is -0.985. The van der Waals surface area contributed by atoms with Crippen LogP contribution in [0.25, 0.3) is 11.0 Å². The molecule has 1 aliphatic carbocycles. The van der Waals surface area contributed by atoms with Gasteiger partial charge in [-0.2, -0.15) is 4.98 Å². The molecule has 1 aromatic carbocycles. The van der Waals surface area contributed by atoms with Crippen molar-refractivity contribution in [2.45, 2.75) is 70.6 Å². The standard InChI is InChI=1S/C31H35F2N5O5/c1-18-13-21(32)15-24(33)29(18)42-17-27-34-9-5-28(36-27)43-22-6-10-37(11-7-22)19(2)30-35-25-4-3-20(31(39)40)14-26(25)38(30)16-23-8-12-41-23/h3-5,9,13-15,18-19,22-23,29H,6-8,10-12,16-17H2,1-2H3,(H,39,40)/t18?,19?,23-,29?/m0/s1. The highest BCUT2D eigenvalue weighted by Crippen LogP contribution is 2.31. The molecule has 0 amide bonds. The zero-order valence-electron chi connectivity index (χ0n) is 24.2. The van der Waals surface area contributed by atoms with Crippen molar-refractivity contribution in [2.75, 3.05) is 19.7 Å². The van der Waals surface area contributed by atoms with E-state index in [1.807, 2.05) is 0 Å². The molecule has 0 saturated carbocycles. The summed E-state index contributed by atoms with van der Waals surface area (Å²) in [5, 5.41) is 9.53. The number of halogens is 2. The number of hydrogen-bond donors (Lipinski definition) is 1. The smallest absolute Gasteiger partial charge is 0.335 e. The van der Waals surface area contributed by atoms with E-state index in [-0.39, 0.29) is 30.4 Å². The second-order valence-corrected chi connectivity index (χ2v) is 11.4. The normalized spacial score (nSPS) is 23.9. The van der Waals surface area contributed by atoms with E-state index in [2.05, 4.69) is 26.4 Å². The van der Waals surface area contributed by atoms with E-state index in [0.29, 0.717) is 18.2 Å². The van der Waals surface area contributed by atoms with Crippen LogP contribution in [0.1, 0.15) is 61.2 Å². The number of aromatic nitrogens is 4. The maximum Gasteiger partial charge on any atom is 0.335 e. The molecule has 2 aliphatic heterocycles. The van der Waals surface area contributed by atoms with Gasteiger partial charge in [-0.3, -0.25) is 4.90 Å². The first-order valence-corrected chi connectivity index (χ1v) is 14.7. The lowest BCUT2D eigenvalue weighted by atomic mass is 9.98. The van der Waals surface area contributed by atoms with Gasteiger partial charge in [-0.15, -0.1) is 0 Å². The molecule has 2 fully saturated rings. The molecular formula is C31H35F2N5O5. The lowest BCUT2D eigenvalue weighted by molar-refractivity contribution is -0.0595. The van der Waals surface area contributed by atoms with E-state index < -0.39 is 29.6 Å². The zero-order chi connectivity index (χ0) is 30.1. The number of carboxylic acid groups (broad SMARTS) is 1. The summed E-state index contributed by atoms with van der Waals surface area (Å²) < 4.78 is 47.3. The number of hydrogen-bond acceptors (Lipinski definition) is 8. The van der Waals surface area contributed by atoms with E-state index in [1.54, 1.807) is 37.4 Å². The Balaban J connectivity index is 1.08. The minimum atomic E-state index is -0.964. The fourth-order valence-corrected chi connectivity index (χ4v) is 5.90. The van der Waals surface area contributed by atoms with Crippen LogP contribution in [-0.2, 0) is 22.6 Å². The fourth-order valence-electron chi connectivity index (χ4n) is 5.90. The van der Waals surface area contributed by atoms with Crippen LogP contribution in [0.4, 0.5) is 8.78 Å². The van der Waals surface area contributed by atoms with Gasteiger partial charge < -0.3 is 23.9 Å². The van der Waals surface area contributed by atoms with Gasteiger partial charge in [-0.05, 0) is 50.5 Å². The van der Waals surface area contributed by atoms with Crippen LogP contribution in [0.2, 0.25) is 0 Å². The largest absolute Gasteiger partial charge is 0.478 e. The number of rotatable bonds is 10. The van der Waals surface area contributed by atoms with Gasteiger partial charge in [-0.25, -0.2) is 23.5 Å². The van der Waals surface area contributed by atoms with Crippen LogP contribution in [-0.4, -0.2) is 73.5 Å².